The average Bonchev–Trinajstić information content (AvgIpc) is 3.39. The quantitative estimate of drug-likeness (QED) is 0.894. The van der Waals surface area contributed by atoms with E-state index in [-0.39, 0.29) is 17.7 Å². The summed E-state index contributed by atoms with van der Waals surface area (Å²) >= 11 is 5.98. The standard InChI is InChI=1S/C19H19ClN2O2/c1-22(12-13-4-2-6-16(20)10-13)19(24)15-5-3-7-17(11-15)21-18(23)14-8-9-14/h2-7,10-11,14H,8-9,12H2,1H3,(H,21,23). The number of rotatable bonds is 5. The highest BCUT2D eigenvalue weighted by molar-refractivity contribution is 6.30. The topological polar surface area (TPSA) is 49.4 Å². The lowest BCUT2D eigenvalue weighted by atomic mass is 10.1. The summed E-state index contributed by atoms with van der Waals surface area (Å²) in [7, 11) is 1.75. The summed E-state index contributed by atoms with van der Waals surface area (Å²) in [6.45, 7) is 0.470. The highest BCUT2D eigenvalue weighted by Gasteiger charge is 2.29. The largest absolute Gasteiger partial charge is 0.337 e. The van der Waals surface area contributed by atoms with E-state index in [0.29, 0.717) is 22.8 Å². The molecule has 24 heavy (non-hydrogen) atoms. The Kier molecular flexibility index (Phi) is 4.86. The normalized spacial score (nSPS) is 13.4. The molecule has 0 radical (unpaired) electrons. The lowest BCUT2D eigenvalue weighted by Crippen LogP contribution is -2.26. The Morgan fingerprint density at radius 2 is 1.92 bits per heavy atom. The van der Waals surface area contributed by atoms with E-state index in [2.05, 4.69) is 5.32 Å². The number of carbonyl (C=O) groups excluding carboxylic acids is 2. The summed E-state index contributed by atoms with van der Waals surface area (Å²) in [4.78, 5) is 26.1. The van der Waals surface area contributed by atoms with Crippen molar-refractivity contribution >= 4 is 29.1 Å². The van der Waals surface area contributed by atoms with E-state index in [0.717, 1.165) is 18.4 Å². The van der Waals surface area contributed by atoms with E-state index in [1.165, 1.54) is 0 Å². The number of benzene rings is 2. The van der Waals surface area contributed by atoms with Gasteiger partial charge in [-0.2, -0.15) is 0 Å². The number of nitrogens with zero attached hydrogens (tertiary/aromatic N) is 1. The molecule has 0 aromatic heterocycles. The Morgan fingerprint density at radius 3 is 2.62 bits per heavy atom. The molecule has 0 saturated heterocycles. The second-order valence-electron chi connectivity index (χ2n) is 6.14. The van der Waals surface area contributed by atoms with Crippen LogP contribution in [-0.4, -0.2) is 23.8 Å². The Morgan fingerprint density at radius 1 is 1.17 bits per heavy atom. The second kappa shape index (κ2) is 7.05. The first kappa shape index (κ1) is 16.5. The molecule has 0 aliphatic heterocycles. The van der Waals surface area contributed by atoms with Gasteiger partial charge in [0.2, 0.25) is 5.91 Å². The number of amides is 2. The summed E-state index contributed by atoms with van der Waals surface area (Å²) in [6, 6.07) is 14.5. The molecule has 0 spiro atoms. The number of carbonyl (C=O) groups is 2. The van der Waals surface area contributed by atoms with Crippen LogP contribution in [0.5, 0.6) is 0 Å². The average molecular weight is 343 g/mol. The Bertz CT molecular complexity index is 771. The van der Waals surface area contributed by atoms with Crippen molar-refractivity contribution < 1.29 is 9.59 Å². The number of nitrogens with one attached hydrogen (secondary N) is 1. The Labute approximate surface area is 146 Å². The fourth-order valence-electron chi connectivity index (χ4n) is 2.52. The molecular formula is C19H19ClN2O2. The fourth-order valence-corrected chi connectivity index (χ4v) is 2.73. The zero-order valence-electron chi connectivity index (χ0n) is 13.5. The van der Waals surface area contributed by atoms with Gasteiger partial charge >= 0.3 is 0 Å². The minimum atomic E-state index is -0.0995. The highest BCUT2D eigenvalue weighted by atomic mass is 35.5. The van der Waals surface area contributed by atoms with E-state index < -0.39 is 0 Å². The van der Waals surface area contributed by atoms with Gasteiger partial charge in [0, 0.05) is 35.8 Å². The van der Waals surface area contributed by atoms with Crippen LogP contribution < -0.4 is 5.32 Å². The van der Waals surface area contributed by atoms with Crippen molar-refractivity contribution in [3.8, 4) is 0 Å². The van der Waals surface area contributed by atoms with Crippen LogP contribution in [0.4, 0.5) is 5.69 Å². The van der Waals surface area contributed by atoms with Gasteiger partial charge in [-0.15, -0.1) is 0 Å². The van der Waals surface area contributed by atoms with Crippen LogP contribution in [-0.2, 0) is 11.3 Å². The van der Waals surface area contributed by atoms with E-state index in [1.54, 1.807) is 42.3 Å². The molecule has 1 aliphatic rings. The van der Waals surface area contributed by atoms with Crippen LogP contribution in [0, 0.1) is 5.92 Å². The van der Waals surface area contributed by atoms with Crippen molar-refractivity contribution in [1.82, 2.24) is 4.90 Å². The van der Waals surface area contributed by atoms with Gasteiger partial charge in [-0.1, -0.05) is 29.8 Å². The maximum Gasteiger partial charge on any atom is 0.253 e. The van der Waals surface area contributed by atoms with Gasteiger partial charge in [0.05, 0.1) is 0 Å². The molecule has 1 saturated carbocycles. The molecule has 0 atom stereocenters. The third kappa shape index (κ3) is 4.15. The highest BCUT2D eigenvalue weighted by Crippen LogP contribution is 2.30. The molecule has 4 nitrogen and oxygen atoms in total. The lowest BCUT2D eigenvalue weighted by Gasteiger charge is -2.18. The molecule has 2 aromatic rings. The minimum Gasteiger partial charge on any atom is -0.337 e. The number of anilines is 1. The predicted octanol–water partition coefficient (Wildman–Crippen LogP) is 3.96. The predicted molar refractivity (Wildman–Crippen MR) is 95.0 cm³/mol. The molecule has 0 heterocycles. The molecule has 0 bridgehead atoms. The first-order valence-electron chi connectivity index (χ1n) is 7.94. The van der Waals surface area contributed by atoms with Crippen LogP contribution >= 0.6 is 11.6 Å². The zero-order chi connectivity index (χ0) is 17.1. The van der Waals surface area contributed by atoms with Crippen LogP contribution in [0.15, 0.2) is 48.5 Å². The van der Waals surface area contributed by atoms with Crippen molar-refractivity contribution in [3.05, 3.63) is 64.7 Å². The van der Waals surface area contributed by atoms with Crippen molar-refractivity contribution in [2.45, 2.75) is 19.4 Å². The van der Waals surface area contributed by atoms with Gasteiger partial charge < -0.3 is 10.2 Å². The Hall–Kier alpha value is -2.33. The second-order valence-corrected chi connectivity index (χ2v) is 6.57. The number of hydrogen-bond donors (Lipinski definition) is 1. The van der Waals surface area contributed by atoms with Gasteiger partial charge in [-0.05, 0) is 48.7 Å². The molecule has 3 rings (SSSR count). The summed E-state index contributed by atoms with van der Waals surface area (Å²) in [5.74, 6) is 0.0687. The van der Waals surface area contributed by atoms with Crippen molar-refractivity contribution in [3.63, 3.8) is 0 Å². The van der Waals surface area contributed by atoms with Crippen molar-refractivity contribution in [2.24, 2.45) is 5.92 Å². The lowest BCUT2D eigenvalue weighted by molar-refractivity contribution is -0.117. The third-order valence-corrected chi connectivity index (χ3v) is 4.22. The minimum absolute atomic E-state index is 0.0341. The fraction of sp³-hybridized carbons (Fsp3) is 0.263. The van der Waals surface area contributed by atoms with Gasteiger partial charge in [0.15, 0.2) is 0 Å². The van der Waals surface area contributed by atoms with Crippen LogP contribution in [0.3, 0.4) is 0 Å². The SMILES string of the molecule is CN(Cc1cccc(Cl)c1)C(=O)c1cccc(NC(=O)C2CC2)c1. The molecular weight excluding hydrogens is 324 g/mol. The third-order valence-electron chi connectivity index (χ3n) is 3.98. The van der Waals surface area contributed by atoms with Crippen LogP contribution in [0.1, 0.15) is 28.8 Å². The molecule has 0 unspecified atom stereocenters. The Balaban J connectivity index is 1.68. The first-order valence-corrected chi connectivity index (χ1v) is 8.31. The first-order chi connectivity index (χ1) is 11.5. The number of hydrogen-bond acceptors (Lipinski definition) is 2. The molecule has 1 N–H and O–H groups in total. The monoisotopic (exact) mass is 342 g/mol. The molecule has 1 fully saturated rings. The summed E-state index contributed by atoms with van der Waals surface area (Å²) in [5.41, 5.74) is 2.18. The van der Waals surface area contributed by atoms with E-state index in [1.807, 2.05) is 18.2 Å². The van der Waals surface area contributed by atoms with Gasteiger partial charge in [-0.25, -0.2) is 0 Å². The van der Waals surface area contributed by atoms with Gasteiger partial charge in [-0.3, -0.25) is 9.59 Å². The maximum absolute atomic E-state index is 12.6. The van der Waals surface area contributed by atoms with Crippen molar-refractivity contribution in [1.29, 1.82) is 0 Å². The van der Waals surface area contributed by atoms with Gasteiger partial charge in [0.25, 0.3) is 5.91 Å². The van der Waals surface area contributed by atoms with Crippen LogP contribution in [0.2, 0.25) is 5.02 Å². The van der Waals surface area contributed by atoms with Gasteiger partial charge in [0.1, 0.15) is 0 Å². The molecule has 5 heteroatoms. The maximum atomic E-state index is 12.6. The number of halogens is 1. The van der Waals surface area contributed by atoms with Crippen molar-refractivity contribution in [2.75, 3.05) is 12.4 Å². The summed E-state index contributed by atoms with van der Waals surface area (Å²) < 4.78 is 0. The molecule has 1 aliphatic carbocycles. The van der Waals surface area contributed by atoms with E-state index in [4.69, 9.17) is 11.6 Å². The van der Waals surface area contributed by atoms with E-state index >= 15 is 0 Å². The molecule has 124 valence electrons. The zero-order valence-corrected chi connectivity index (χ0v) is 14.2. The van der Waals surface area contributed by atoms with E-state index in [9.17, 15) is 9.59 Å². The summed E-state index contributed by atoms with van der Waals surface area (Å²) in [5, 5.41) is 3.52. The smallest absolute Gasteiger partial charge is 0.253 e. The molecule has 2 amide bonds. The van der Waals surface area contributed by atoms with Crippen LogP contribution in [0.25, 0.3) is 0 Å². The summed E-state index contributed by atoms with van der Waals surface area (Å²) in [6.07, 6.45) is 1.90. The molecule has 2 aromatic carbocycles.